The second-order valence-electron chi connectivity index (χ2n) is 6.90. The van der Waals surface area contributed by atoms with Crippen molar-refractivity contribution >= 4 is 44.0 Å². The van der Waals surface area contributed by atoms with Gasteiger partial charge < -0.3 is 14.8 Å². The van der Waals surface area contributed by atoms with E-state index in [0.717, 1.165) is 21.3 Å². The second-order valence-corrected chi connectivity index (χ2v) is 8.20. The summed E-state index contributed by atoms with van der Waals surface area (Å²) in [5.74, 6) is 1.37. The largest absolute Gasteiger partial charge is 0.493 e. The van der Waals surface area contributed by atoms with Gasteiger partial charge in [-0.1, -0.05) is 60.1 Å². The molecule has 0 saturated heterocycles. The molecular formula is C25H21BrClNO2. The van der Waals surface area contributed by atoms with E-state index in [9.17, 15) is 0 Å². The summed E-state index contributed by atoms with van der Waals surface area (Å²) in [6, 6.07) is 26.3. The molecule has 3 nitrogen and oxygen atoms in total. The summed E-state index contributed by atoms with van der Waals surface area (Å²) < 4.78 is 12.5. The fourth-order valence-electron chi connectivity index (χ4n) is 3.33. The predicted molar refractivity (Wildman–Crippen MR) is 128 cm³/mol. The molecular weight excluding hydrogens is 462 g/mol. The second kappa shape index (κ2) is 9.41. The molecule has 0 unspecified atom stereocenters. The highest BCUT2D eigenvalue weighted by atomic mass is 79.9. The zero-order valence-corrected chi connectivity index (χ0v) is 18.8. The number of anilines is 1. The highest BCUT2D eigenvalue weighted by Crippen LogP contribution is 2.37. The number of halogens is 2. The first-order valence-electron chi connectivity index (χ1n) is 9.59. The lowest BCUT2D eigenvalue weighted by molar-refractivity contribution is 0.282. The minimum absolute atomic E-state index is 0.430. The molecule has 0 atom stereocenters. The number of nitrogens with one attached hydrogen (secondary N) is 1. The van der Waals surface area contributed by atoms with Crippen LogP contribution < -0.4 is 14.8 Å². The molecule has 4 aromatic rings. The summed E-state index contributed by atoms with van der Waals surface area (Å²) in [6.45, 7) is 1.10. The average molecular weight is 483 g/mol. The standard InChI is InChI=1S/C25H21BrClNO2/c1-29-24-14-18(15-28-23-8-4-6-19-5-2-3-7-21(19)23)13-22(26)25(24)30-16-17-9-11-20(27)12-10-17/h2-14,28H,15-16H2,1H3. The van der Waals surface area contributed by atoms with Crippen molar-refractivity contribution in [3.05, 3.63) is 99.5 Å². The Labute approximate surface area is 189 Å². The molecule has 152 valence electrons. The van der Waals surface area contributed by atoms with Crippen molar-refractivity contribution in [1.82, 2.24) is 0 Å². The van der Waals surface area contributed by atoms with E-state index in [1.807, 2.05) is 30.3 Å². The molecule has 0 fully saturated rings. The van der Waals surface area contributed by atoms with E-state index in [1.165, 1.54) is 10.8 Å². The van der Waals surface area contributed by atoms with Crippen LogP contribution in [0.2, 0.25) is 5.02 Å². The summed E-state index contributed by atoms with van der Waals surface area (Å²) in [5, 5.41) is 6.66. The molecule has 5 heteroatoms. The van der Waals surface area contributed by atoms with Gasteiger partial charge >= 0.3 is 0 Å². The molecule has 4 aromatic carbocycles. The van der Waals surface area contributed by atoms with Crippen LogP contribution in [0.3, 0.4) is 0 Å². The van der Waals surface area contributed by atoms with Crippen molar-refractivity contribution in [2.45, 2.75) is 13.2 Å². The summed E-state index contributed by atoms with van der Waals surface area (Å²) >= 11 is 9.59. The van der Waals surface area contributed by atoms with E-state index < -0.39 is 0 Å². The van der Waals surface area contributed by atoms with E-state index in [4.69, 9.17) is 21.1 Å². The van der Waals surface area contributed by atoms with Crippen molar-refractivity contribution in [3.8, 4) is 11.5 Å². The van der Waals surface area contributed by atoms with Crippen LogP contribution in [0, 0.1) is 0 Å². The van der Waals surface area contributed by atoms with Gasteiger partial charge in [-0.15, -0.1) is 0 Å². The third kappa shape index (κ3) is 4.72. The highest BCUT2D eigenvalue weighted by molar-refractivity contribution is 9.10. The van der Waals surface area contributed by atoms with Gasteiger partial charge in [-0.2, -0.15) is 0 Å². The fourth-order valence-corrected chi connectivity index (χ4v) is 4.06. The maximum Gasteiger partial charge on any atom is 0.175 e. The molecule has 0 aliphatic rings. The Morgan fingerprint density at radius 1 is 0.900 bits per heavy atom. The third-order valence-electron chi connectivity index (χ3n) is 4.86. The van der Waals surface area contributed by atoms with Gasteiger partial charge in [-0.3, -0.25) is 0 Å². The van der Waals surface area contributed by atoms with Crippen LogP contribution in [0.25, 0.3) is 10.8 Å². The number of hydrogen-bond acceptors (Lipinski definition) is 3. The molecule has 30 heavy (non-hydrogen) atoms. The van der Waals surface area contributed by atoms with E-state index >= 15 is 0 Å². The lowest BCUT2D eigenvalue weighted by Crippen LogP contribution is -2.03. The monoisotopic (exact) mass is 481 g/mol. The molecule has 0 radical (unpaired) electrons. The first kappa shape index (κ1) is 20.6. The topological polar surface area (TPSA) is 30.5 Å². The summed E-state index contributed by atoms with van der Waals surface area (Å²) in [6.07, 6.45) is 0. The number of methoxy groups -OCH3 is 1. The normalized spacial score (nSPS) is 10.8. The predicted octanol–water partition coefficient (Wildman–Crippen LogP) is 7.46. The average Bonchev–Trinajstić information content (AvgIpc) is 2.77. The van der Waals surface area contributed by atoms with E-state index in [-0.39, 0.29) is 0 Å². The highest BCUT2D eigenvalue weighted by Gasteiger charge is 2.12. The SMILES string of the molecule is COc1cc(CNc2cccc3ccccc23)cc(Br)c1OCc1ccc(Cl)cc1. The quantitative estimate of drug-likeness (QED) is 0.296. The zero-order chi connectivity index (χ0) is 20.9. The van der Waals surface area contributed by atoms with Crippen molar-refractivity contribution in [1.29, 1.82) is 0 Å². The molecule has 0 aliphatic heterocycles. The lowest BCUT2D eigenvalue weighted by Gasteiger charge is -2.16. The van der Waals surface area contributed by atoms with Gasteiger partial charge in [0.25, 0.3) is 0 Å². The minimum Gasteiger partial charge on any atom is -0.493 e. The molecule has 0 amide bonds. The van der Waals surface area contributed by atoms with E-state index in [1.54, 1.807) is 7.11 Å². The third-order valence-corrected chi connectivity index (χ3v) is 5.70. The molecule has 0 aromatic heterocycles. The Morgan fingerprint density at radius 3 is 2.47 bits per heavy atom. The van der Waals surface area contributed by atoms with E-state index in [2.05, 4.69) is 69.8 Å². The summed E-state index contributed by atoms with van der Waals surface area (Å²) in [7, 11) is 1.65. The molecule has 0 heterocycles. The maximum absolute atomic E-state index is 6.02. The molecule has 0 spiro atoms. The van der Waals surface area contributed by atoms with Crippen LogP contribution >= 0.6 is 27.5 Å². The fraction of sp³-hybridized carbons (Fsp3) is 0.120. The van der Waals surface area contributed by atoms with E-state index in [0.29, 0.717) is 29.7 Å². The molecule has 4 rings (SSSR count). The van der Waals surface area contributed by atoms with Crippen molar-refractivity contribution in [2.24, 2.45) is 0 Å². The number of fused-ring (bicyclic) bond motifs is 1. The Balaban J connectivity index is 1.50. The molecule has 0 bridgehead atoms. The first-order valence-corrected chi connectivity index (χ1v) is 10.8. The van der Waals surface area contributed by atoms with Gasteiger partial charge in [0.05, 0.1) is 11.6 Å². The Morgan fingerprint density at radius 2 is 1.67 bits per heavy atom. The lowest BCUT2D eigenvalue weighted by atomic mass is 10.1. The van der Waals surface area contributed by atoms with Crippen LogP contribution in [-0.4, -0.2) is 7.11 Å². The zero-order valence-electron chi connectivity index (χ0n) is 16.5. The van der Waals surface area contributed by atoms with Crippen molar-refractivity contribution in [3.63, 3.8) is 0 Å². The van der Waals surface area contributed by atoms with Crippen molar-refractivity contribution < 1.29 is 9.47 Å². The number of benzene rings is 4. The minimum atomic E-state index is 0.430. The van der Waals surface area contributed by atoms with Crippen molar-refractivity contribution in [2.75, 3.05) is 12.4 Å². The number of ether oxygens (including phenoxy) is 2. The van der Waals surface area contributed by atoms with Gasteiger partial charge in [-0.05, 0) is 62.8 Å². The number of rotatable bonds is 7. The van der Waals surface area contributed by atoms with Crippen LogP contribution in [0.1, 0.15) is 11.1 Å². The maximum atomic E-state index is 6.02. The smallest absolute Gasteiger partial charge is 0.175 e. The number of hydrogen-bond donors (Lipinski definition) is 1. The van der Waals surface area contributed by atoms with Crippen LogP contribution in [-0.2, 0) is 13.2 Å². The molecule has 0 saturated carbocycles. The first-order chi connectivity index (χ1) is 14.6. The summed E-state index contributed by atoms with van der Waals surface area (Å²) in [4.78, 5) is 0. The van der Waals surface area contributed by atoms with Crippen LogP contribution in [0.15, 0.2) is 83.3 Å². The van der Waals surface area contributed by atoms with Gasteiger partial charge in [0.1, 0.15) is 6.61 Å². The van der Waals surface area contributed by atoms with Gasteiger partial charge in [0.2, 0.25) is 0 Å². The van der Waals surface area contributed by atoms with Gasteiger partial charge in [0.15, 0.2) is 11.5 Å². The summed E-state index contributed by atoms with van der Waals surface area (Å²) in [5.41, 5.74) is 3.23. The van der Waals surface area contributed by atoms with Gasteiger partial charge in [0, 0.05) is 22.6 Å². The van der Waals surface area contributed by atoms with Crippen LogP contribution in [0.5, 0.6) is 11.5 Å². The Bertz CT molecular complexity index is 1160. The Kier molecular flexibility index (Phi) is 6.46. The van der Waals surface area contributed by atoms with Gasteiger partial charge in [-0.25, -0.2) is 0 Å². The Hall–Kier alpha value is -2.69. The molecule has 1 N–H and O–H groups in total. The molecule has 0 aliphatic carbocycles. The van der Waals surface area contributed by atoms with Crippen LogP contribution in [0.4, 0.5) is 5.69 Å².